The molecule has 1 N–H and O–H groups in total. The van der Waals surface area contributed by atoms with E-state index in [1.54, 1.807) is 19.1 Å². The van der Waals surface area contributed by atoms with E-state index in [-0.39, 0.29) is 17.9 Å². The Hall–Kier alpha value is -3.40. The topological polar surface area (TPSA) is 88.3 Å². The first-order chi connectivity index (χ1) is 14.6. The number of halogens is 4. The Bertz CT molecular complexity index is 1090. The normalized spacial score (nSPS) is 11.3. The summed E-state index contributed by atoms with van der Waals surface area (Å²) in [5.41, 5.74) is -1.12. The number of carbonyl (C=O) groups excluding carboxylic acids is 2. The Labute approximate surface area is 179 Å². The minimum absolute atomic E-state index is 0.0449. The van der Waals surface area contributed by atoms with Crippen LogP contribution in [0.5, 0.6) is 0 Å². The van der Waals surface area contributed by atoms with Gasteiger partial charge in [0, 0.05) is 11.9 Å². The second-order valence-electron chi connectivity index (χ2n) is 6.47. The number of hydrogen-bond donors (Lipinski definition) is 1. The van der Waals surface area contributed by atoms with E-state index < -0.39 is 35.1 Å². The Morgan fingerprint density at radius 2 is 2.00 bits per heavy atom. The monoisotopic (exact) mass is 452 g/mol. The number of furan rings is 1. The van der Waals surface area contributed by atoms with E-state index in [1.165, 1.54) is 24.6 Å². The number of aromatic nitrogens is 2. The molecule has 2 aromatic heterocycles. The Morgan fingerprint density at radius 1 is 1.23 bits per heavy atom. The molecule has 3 rings (SSSR count). The molecule has 0 aliphatic heterocycles. The van der Waals surface area contributed by atoms with Crippen LogP contribution in [0.15, 0.2) is 53.3 Å². The highest BCUT2D eigenvalue weighted by Crippen LogP contribution is 2.36. The lowest BCUT2D eigenvalue weighted by Crippen LogP contribution is -2.38. The molecular formula is C20H16ClF3N4O3. The molecule has 0 bridgehead atoms. The third-order valence-electron chi connectivity index (χ3n) is 4.10. The number of alkyl halides is 3. The molecule has 2 heterocycles. The van der Waals surface area contributed by atoms with Crippen molar-refractivity contribution in [3.05, 3.63) is 76.7 Å². The van der Waals surface area contributed by atoms with Crippen LogP contribution >= 0.6 is 11.6 Å². The standard InChI is InChI=1S/C20H16ClF3N4O3/c1-12-25-7-6-17(26-12)19(30)28(10-14-3-2-8-31-14)11-18(29)27-13-4-5-16(21)15(9-13)20(22,23)24/h2-9H,10-11H2,1H3,(H,27,29). The van der Waals surface area contributed by atoms with E-state index in [2.05, 4.69) is 15.3 Å². The number of amides is 2. The molecule has 0 aliphatic carbocycles. The molecule has 11 heteroatoms. The maximum atomic E-state index is 13.0. The van der Waals surface area contributed by atoms with Gasteiger partial charge in [-0.25, -0.2) is 9.97 Å². The number of hydrogen-bond acceptors (Lipinski definition) is 5. The van der Waals surface area contributed by atoms with Gasteiger partial charge in [0.05, 0.1) is 23.4 Å². The average Bonchev–Trinajstić information content (AvgIpc) is 3.20. The third-order valence-corrected chi connectivity index (χ3v) is 4.43. The lowest BCUT2D eigenvalue weighted by molar-refractivity contribution is -0.137. The van der Waals surface area contributed by atoms with Gasteiger partial charge in [-0.1, -0.05) is 11.6 Å². The summed E-state index contributed by atoms with van der Waals surface area (Å²) in [7, 11) is 0. The van der Waals surface area contributed by atoms with Crippen molar-refractivity contribution in [3.8, 4) is 0 Å². The molecule has 2 amide bonds. The summed E-state index contributed by atoms with van der Waals surface area (Å²) in [6, 6.07) is 7.65. The summed E-state index contributed by atoms with van der Waals surface area (Å²) in [6.07, 6.45) is -1.85. The van der Waals surface area contributed by atoms with Crippen LogP contribution in [0.25, 0.3) is 0 Å². The lowest BCUT2D eigenvalue weighted by atomic mass is 10.2. The zero-order chi connectivity index (χ0) is 22.6. The second kappa shape index (κ2) is 9.17. The molecule has 0 saturated heterocycles. The van der Waals surface area contributed by atoms with E-state index in [0.717, 1.165) is 17.0 Å². The van der Waals surface area contributed by atoms with Crippen LogP contribution in [0.3, 0.4) is 0 Å². The summed E-state index contributed by atoms with van der Waals surface area (Å²) < 4.78 is 44.4. The first-order valence-electron chi connectivity index (χ1n) is 8.91. The molecule has 0 radical (unpaired) electrons. The summed E-state index contributed by atoms with van der Waals surface area (Å²) >= 11 is 5.60. The zero-order valence-corrected chi connectivity index (χ0v) is 16.9. The largest absolute Gasteiger partial charge is 0.467 e. The smallest absolute Gasteiger partial charge is 0.417 e. The fourth-order valence-corrected chi connectivity index (χ4v) is 2.95. The zero-order valence-electron chi connectivity index (χ0n) is 16.1. The molecule has 3 aromatic rings. The Balaban J connectivity index is 1.79. The van der Waals surface area contributed by atoms with Crippen molar-refractivity contribution in [1.82, 2.24) is 14.9 Å². The first kappa shape index (κ1) is 22.3. The SMILES string of the molecule is Cc1nccc(C(=O)N(CC(=O)Nc2ccc(Cl)c(C(F)(F)F)c2)Cc2ccco2)n1. The molecule has 31 heavy (non-hydrogen) atoms. The highest BCUT2D eigenvalue weighted by atomic mass is 35.5. The van der Waals surface area contributed by atoms with Crippen molar-refractivity contribution in [1.29, 1.82) is 0 Å². The number of carbonyl (C=O) groups is 2. The van der Waals surface area contributed by atoms with E-state index >= 15 is 0 Å². The van der Waals surface area contributed by atoms with Gasteiger partial charge in [0.25, 0.3) is 5.91 Å². The fourth-order valence-electron chi connectivity index (χ4n) is 2.72. The minimum atomic E-state index is -4.68. The van der Waals surface area contributed by atoms with Crippen LogP contribution < -0.4 is 5.32 Å². The van der Waals surface area contributed by atoms with Gasteiger partial charge in [-0.05, 0) is 43.3 Å². The maximum Gasteiger partial charge on any atom is 0.417 e. The minimum Gasteiger partial charge on any atom is -0.467 e. The molecule has 0 spiro atoms. The van der Waals surface area contributed by atoms with Gasteiger partial charge in [0.2, 0.25) is 5.91 Å². The number of aryl methyl sites for hydroxylation is 1. The van der Waals surface area contributed by atoms with Crippen LogP contribution in [0.1, 0.15) is 27.6 Å². The van der Waals surface area contributed by atoms with Crippen LogP contribution in [0, 0.1) is 6.92 Å². The fraction of sp³-hybridized carbons (Fsp3) is 0.200. The van der Waals surface area contributed by atoms with Gasteiger partial charge < -0.3 is 14.6 Å². The molecule has 1 aromatic carbocycles. The lowest BCUT2D eigenvalue weighted by Gasteiger charge is -2.21. The van der Waals surface area contributed by atoms with Crippen LogP contribution in [-0.2, 0) is 17.5 Å². The maximum absolute atomic E-state index is 13.0. The van der Waals surface area contributed by atoms with Gasteiger partial charge in [0.1, 0.15) is 23.8 Å². The molecule has 0 unspecified atom stereocenters. The third kappa shape index (κ3) is 5.82. The quantitative estimate of drug-likeness (QED) is 0.601. The summed E-state index contributed by atoms with van der Waals surface area (Å²) in [4.78, 5) is 34.6. The van der Waals surface area contributed by atoms with Crippen LogP contribution in [-0.4, -0.2) is 33.2 Å². The van der Waals surface area contributed by atoms with Gasteiger partial charge in [0.15, 0.2) is 0 Å². The van der Waals surface area contributed by atoms with E-state index in [1.807, 2.05) is 0 Å². The van der Waals surface area contributed by atoms with Crippen molar-refractivity contribution in [2.45, 2.75) is 19.6 Å². The number of nitrogens with one attached hydrogen (secondary N) is 1. The Morgan fingerprint density at radius 3 is 2.65 bits per heavy atom. The summed E-state index contributed by atoms with van der Waals surface area (Å²) in [5.74, 6) is -0.489. The average molecular weight is 453 g/mol. The molecule has 162 valence electrons. The van der Waals surface area contributed by atoms with Gasteiger partial charge in [-0.2, -0.15) is 13.2 Å². The van der Waals surface area contributed by atoms with E-state index in [0.29, 0.717) is 11.6 Å². The highest BCUT2D eigenvalue weighted by Gasteiger charge is 2.33. The van der Waals surface area contributed by atoms with Crippen molar-refractivity contribution in [2.75, 3.05) is 11.9 Å². The van der Waals surface area contributed by atoms with Crippen molar-refractivity contribution in [3.63, 3.8) is 0 Å². The van der Waals surface area contributed by atoms with Crippen molar-refractivity contribution in [2.24, 2.45) is 0 Å². The number of benzene rings is 1. The van der Waals surface area contributed by atoms with Crippen molar-refractivity contribution >= 4 is 29.1 Å². The first-order valence-corrected chi connectivity index (χ1v) is 9.29. The summed E-state index contributed by atoms with van der Waals surface area (Å²) in [5, 5.41) is 1.87. The number of nitrogens with zero attached hydrogens (tertiary/aromatic N) is 3. The van der Waals surface area contributed by atoms with Gasteiger partial charge in [-0.15, -0.1) is 0 Å². The molecular weight excluding hydrogens is 437 g/mol. The van der Waals surface area contributed by atoms with Crippen LogP contribution in [0.4, 0.5) is 18.9 Å². The molecule has 0 saturated carbocycles. The predicted molar refractivity (Wildman–Crippen MR) is 105 cm³/mol. The molecule has 7 nitrogen and oxygen atoms in total. The molecule has 0 aliphatic rings. The number of rotatable bonds is 6. The second-order valence-corrected chi connectivity index (χ2v) is 6.88. The van der Waals surface area contributed by atoms with Gasteiger partial charge >= 0.3 is 6.18 Å². The van der Waals surface area contributed by atoms with E-state index in [9.17, 15) is 22.8 Å². The Kier molecular flexibility index (Phi) is 6.59. The highest BCUT2D eigenvalue weighted by molar-refractivity contribution is 6.31. The molecule has 0 atom stereocenters. The number of anilines is 1. The summed E-state index contributed by atoms with van der Waals surface area (Å²) in [6.45, 7) is 1.11. The van der Waals surface area contributed by atoms with E-state index in [4.69, 9.17) is 16.0 Å². The molecule has 0 fully saturated rings. The van der Waals surface area contributed by atoms with Crippen molar-refractivity contribution < 1.29 is 27.2 Å². The van der Waals surface area contributed by atoms with Crippen LogP contribution in [0.2, 0.25) is 5.02 Å². The predicted octanol–water partition coefficient (Wildman–Crippen LogP) is 4.33. The van der Waals surface area contributed by atoms with Gasteiger partial charge in [-0.3, -0.25) is 9.59 Å².